The minimum Gasteiger partial charge on any atom is -0.467 e. The van der Waals surface area contributed by atoms with Crippen molar-refractivity contribution in [2.24, 2.45) is 98.6 Å². The standard InChI is InChI=1S/C12H19N5.C11H17N5O.2C10H15N5O.C10H15N5.2C9H13N5O/c1-8-6-5-7-10(8)15-11-13-9(2)14-12(16-11)17(3)4;1-7-9(5-6-17-7)14-10-12-8(2)13-11(15-10)16(3)4;1-6-4-8(5-16-6)15(3)10-13-7(2)12-9(11)14-10;1-6-8(4-5-16-6)15(3)10-13-7(2)12-9(11)14-10;1-6-4-3-5-8(6)14-10-13-7(2)12-9(11)15-10;1-5-3-7(4-15-5)13-9-12-6(2)11-8(10)14-9;1-5-7(3-4-15-5)13-9-12-6(2)11-8(10)14-9/h6-7,9H,5H2,1-4H3,(H2,13,14,15,16);5-6,8H,1-4H3,(H2,12,13,14,15);2*4-5,7H,1-3H3,(H3,11,12,13,14);4-5,7H,3H2,1-2H3,(H4,11,12,13,14,15);2*3-4,6H,1-2H3,(H4,10,11,12,13,14). The van der Waals surface area contributed by atoms with Gasteiger partial charge in [0.05, 0.1) is 47.2 Å². The summed E-state index contributed by atoms with van der Waals surface area (Å²) in [5.41, 5.74) is 37.2. The molecule has 0 aromatic carbocycles. The van der Waals surface area contributed by atoms with Crippen LogP contribution in [0.1, 0.15) is 104 Å². The number of aryl methyl sites for hydroxylation is 5. The zero-order valence-electron chi connectivity index (χ0n) is 66.5. The average molecular weight is 1530 g/mol. The van der Waals surface area contributed by atoms with E-state index in [4.69, 9.17) is 50.8 Å². The third-order valence-corrected chi connectivity index (χ3v) is 16.0. The molecule has 0 amide bonds. The lowest BCUT2D eigenvalue weighted by Crippen LogP contribution is -2.48. The van der Waals surface area contributed by atoms with Crippen molar-refractivity contribution in [3.05, 3.63) is 137 Å². The molecule has 9 aliphatic rings. The van der Waals surface area contributed by atoms with E-state index in [1.54, 1.807) is 31.3 Å². The number of hydrogen-bond donors (Lipinski definition) is 17. The lowest BCUT2D eigenvalue weighted by atomic mass is 10.3. The minimum atomic E-state index is -0.166. The van der Waals surface area contributed by atoms with Gasteiger partial charge in [0.15, 0.2) is 29.8 Å². The molecule has 0 spiro atoms. The predicted molar refractivity (Wildman–Crippen MR) is 445 cm³/mol. The van der Waals surface area contributed by atoms with Crippen LogP contribution >= 0.6 is 0 Å². The first-order valence-corrected chi connectivity index (χ1v) is 35.6. The van der Waals surface area contributed by atoms with E-state index in [2.05, 4.69) is 172 Å². The highest BCUT2D eigenvalue weighted by atomic mass is 16.3. The Hall–Kier alpha value is -13.5. The lowest BCUT2D eigenvalue weighted by molar-refractivity contribution is 0.534. The molecule has 111 heavy (non-hydrogen) atoms. The van der Waals surface area contributed by atoms with Gasteiger partial charge in [0.1, 0.15) is 84.5 Å². The molecule has 0 fully saturated rings. The van der Waals surface area contributed by atoms with E-state index >= 15 is 0 Å². The Kier molecular flexibility index (Phi) is 29.1. The summed E-state index contributed by atoms with van der Waals surface area (Å²) in [6, 6.07) is 9.37. The Balaban J connectivity index is 0.000000163. The highest BCUT2D eigenvalue weighted by Gasteiger charge is 2.23. The zero-order chi connectivity index (χ0) is 80.8. The van der Waals surface area contributed by atoms with Crippen LogP contribution in [-0.4, -0.2) is 179 Å². The molecule has 0 saturated carbocycles. The number of guanidine groups is 14. The van der Waals surface area contributed by atoms with Crippen LogP contribution in [0.4, 0.5) is 28.4 Å². The molecule has 40 heteroatoms. The van der Waals surface area contributed by atoms with Crippen molar-refractivity contribution in [2.45, 2.75) is 153 Å². The van der Waals surface area contributed by atoms with Crippen molar-refractivity contribution >= 4 is 112 Å². The summed E-state index contributed by atoms with van der Waals surface area (Å²) in [7, 11) is 11.5. The number of furan rings is 5. The van der Waals surface area contributed by atoms with Gasteiger partial charge in [-0.05, 0) is 121 Å². The third-order valence-electron chi connectivity index (χ3n) is 16.0. The molecule has 22 N–H and O–H groups in total. The fourth-order valence-corrected chi connectivity index (χ4v) is 10.5. The SMILES string of the molecule is CC1=CCC=C1NC1=NC(C)NC(N)=N1.CC1=CCC=C1NC1=NC(N(C)C)=NC(C)N1.Cc1cc(N(C)C2=NC(C)N=C(N)N2)co1.Cc1cc(NC2=NC(C)N=C(N)N2)co1.Cc1occc1N(C)C1=NC(C)N=C(N)N1.Cc1occc1NC1=NC(C)N=C(N(C)C)N1.Cc1occc1NC1=NC(C)N=C(N)N1. The largest absolute Gasteiger partial charge is 0.467 e. The van der Waals surface area contributed by atoms with Crippen LogP contribution < -0.4 is 102 Å². The zero-order valence-corrected chi connectivity index (χ0v) is 66.5. The van der Waals surface area contributed by atoms with E-state index in [0.29, 0.717) is 65.6 Å². The van der Waals surface area contributed by atoms with Crippen LogP contribution in [-0.2, 0) is 0 Å². The van der Waals surface area contributed by atoms with E-state index < -0.39 is 0 Å². The highest BCUT2D eigenvalue weighted by molar-refractivity contribution is 6.10. The number of rotatable bonds is 7. The molecule has 0 bridgehead atoms. The number of hydrogen-bond acceptors (Lipinski definition) is 40. The fourth-order valence-electron chi connectivity index (χ4n) is 10.5. The average Bonchev–Trinajstić information content (AvgIpc) is 1.80. The second-order valence-electron chi connectivity index (χ2n) is 26.1. The van der Waals surface area contributed by atoms with Crippen LogP contribution in [0.15, 0.2) is 200 Å². The number of nitrogens with one attached hydrogen (secondary N) is 12. The second-order valence-corrected chi connectivity index (χ2v) is 26.1. The first kappa shape index (κ1) is 83.2. The maximum absolute atomic E-state index is 5.65. The van der Waals surface area contributed by atoms with Gasteiger partial charge < -0.3 is 108 Å². The molecule has 40 nitrogen and oxygen atoms in total. The first-order valence-electron chi connectivity index (χ1n) is 35.6. The summed E-state index contributed by atoms with van der Waals surface area (Å²) >= 11 is 0. The van der Waals surface area contributed by atoms with Gasteiger partial charge in [0, 0.05) is 84.0 Å². The number of nitrogens with two attached hydrogens (primary N) is 5. The predicted octanol–water partition coefficient (Wildman–Crippen LogP) is 5.21. The quantitative estimate of drug-likeness (QED) is 0.0993. The molecule has 2 aliphatic carbocycles. The lowest BCUT2D eigenvalue weighted by Gasteiger charge is -2.24. The monoisotopic (exact) mass is 1530 g/mol. The number of aliphatic imine (C=N–C) groups is 14. The van der Waals surface area contributed by atoms with E-state index in [9.17, 15) is 0 Å². The maximum atomic E-state index is 5.65. The van der Waals surface area contributed by atoms with Crippen molar-refractivity contribution in [3.63, 3.8) is 0 Å². The van der Waals surface area contributed by atoms with Crippen molar-refractivity contribution in [3.8, 4) is 0 Å². The number of allylic oxidation sites excluding steroid dienone is 6. The van der Waals surface area contributed by atoms with Gasteiger partial charge >= 0.3 is 0 Å². The molecular formula is C71H107N35O5. The first-order chi connectivity index (χ1) is 52.7. The van der Waals surface area contributed by atoms with Gasteiger partial charge in [-0.1, -0.05) is 24.3 Å². The highest BCUT2D eigenvalue weighted by Crippen LogP contribution is 2.23. The molecule has 5 aromatic rings. The summed E-state index contributed by atoms with van der Waals surface area (Å²) in [6.07, 6.45) is 18.0. The molecule has 14 rings (SSSR count). The normalized spacial score (nSPS) is 21.0. The maximum Gasteiger partial charge on any atom is 0.227 e. The van der Waals surface area contributed by atoms with E-state index in [1.807, 2.05) is 175 Å². The molecular weight excluding hydrogens is 1420 g/mol. The van der Waals surface area contributed by atoms with Crippen molar-refractivity contribution < 1.29 is 22.1 Å². The summed E-state index contributed by atoms with van der Waals surface area (Å²) < 4.78 is 26.0. The van der Waals surface area contributed by atoms with E-state index in [-0.39, 0.29) is 43.2 Å². The number of anilines is 5. The van der Waals surface area contributed by atoms with Gasteiger partial charge in [-0.2, -0.15) is 9.98 Å². The van der Waals surface area contributed by atoms with Crippen LogP contribution in [0, 0.1) is 34.6 Å². The molecule has 5 aromatic heterocycles. The second kappa shape index (κ2) is 38.9. The Morgan fingerprint density at radius 2 is 0.856 bits per heavy atom. The Morgan fingerprint density at radius 1 is 0.396 bits per heavy atom. The van der Waals surface area contributed by atoms with Gasteiger partial charge in [-0.15, -0.1) is 0 Å². The number of nitrogens with zero attached hydrogens (tertiary/aromatic N) is 18. The molecule has 0 radical (unpaired) electrons. The minimum absolute atomic E-state index is 0.0312. The van der Waals surface area contributed by atoms with Crippen LogP contribution in [0.5, 0.6) is 0 Å². The van der Waals surface area contributed by atoms with Crippen molar-refractivity contribution in [2.75, 3.05) is 68.0 Å². The Labute approximate surface area is 645 Å². The molecule has 596 valence electrons. The topological polar surface area (TPSA) is 526 Å². The molecule has 12 heterocycles. The van der Waals surface area contributed by atoms with Crippen molar-refractivity contribution in [1.29, 1.82) is 0 Å². The Bertz CT molecular complexity index is 4620. The van der Waals surface area contributed by atoms with Gasteiger partial charge in [0.25, 0.3) is 0 Å². The van der Waals surface area contributed by atoms with Gasteiger partial charge in [-0.3, -0.25) is 26.6 Å². The Morgan fingerprint density at radius 3 is 1.30 bits per heavy atom. The van der Waals surface area contributed by atoms with Gasteiger partial charge in [-0.25, -0.2) is 59.9 Å². The fraction of sp³-hybridized carbons (Fsp3) is 0.408. The van der Waals surface area contributed by atoms with Crippen LogP contribution in [0.3, 0.4) is 0 Å². The summed E-state index contributed by atoms with van der Waals surface area (Å²) in [5, 5.41) is 36.5. The molecule has 7 aliphatic heterocycles. The van der Waals surface area contributed by atoms with E-state index in [0.717, 1.165) is 99.4 Å². The summed E-state index contributed by atoms with van der Waals surface area (Å²) in [5.74, 6) is 12.1. The molecule has 7 unspecified atom stereocenters. The third kappa shape index (κ3) is 25.9. The molecule has 0 saturated heterocycles. The van der Waals surface area contributed by atoms with E-state index in [1.165, 1.54) is 11.1 Å². The van der Waals surface area contributed by atoms with Crippen LogP contribution in [0.25, 0.3) is 0 Å². The molecule has 7 atom stereocenters. The van der Waals surface area contributed by atoms with Crippen LogP contribution in [0.2, 0.25) is 0 Å². The van der Waals surface area contributed by atoms with Gasteiger partial charge in [0.2, 0.25) is 53.6 Å². The smallest absolute Gasteiger partial charge is 0.227 e. The summed E-state index contributed by atoms with van der Waals surface area (Å²) in [6.45, 7) is 26.9. The van der Waals surface area contributed by atoms with Crippen molar-refractivity contribution in [1.82, 2.24) is 57.7 Å². The summed E-state index contributed by atoms with van der Waals surface area (Å²) in [4.78, 5) is 66.8.